The zero-order chi connectivity index (χ0) is 15.9. The predicted molar refractivity (Wildman–Crippen MR) is 85.9 cm³/mol. The minimum absolute atomic E-state index is 0.0238. The third-order valence-corrected chi connectivity index (χ3v) is 3.29. The van der Waals surface area contributed by atoms with Gasteiger partial charge in [0.15, 0.2) is 0 Å². The zero-order valence-corrected chi connectivity index (χ0v) is 12.4. The van der Waals surface area contributed by atoms with E-state index in [1.165, 1.54) is 17.7 Å². The topological polar surface area (TPSA) is 72.2 Å². The Hall–Kier alpha value is -2.69. The lowest BCUT2D eigenvalue weighted by molar-refractivity contribution is -0.384. The van der Waals surface area contributed by atoms with Crippen LogP contribution in [0.2, 0.25) is 0 Å². The summed E-state index contributed by atoms with van der Waals surface area (Å²) in [6.07, 6.45) is 2.30. The molecule has 0 aliphatic heterocycles. The van der Waals surface area contributed by atoms with Gasteiger partial charge in [0.2, 0.25) is 5.91 Å². The maximum absolute atomic E-state index is 12.0. The van der Waals surface area contributed by atoms with Gasteiger partial charge in [0, 0.05) is 17.8 Å². The fraction of sp³-hybridized carbons (Fsp3) is 0.235. The van der Waals surface area contributed by atoms with Gasteiger partial charge in [-0.2, -0.15) is 0 Å². The van der Waals surface area contributed by atoms with Crippen molar-refractivity contribution in [3.63, 3.8) is 0 Å². The van der Waals surface area contributed by atoms with Gasteiger partial charge in [0.1, 0.15) is 0 Å². The second kappa shape index (κ2) is 7.36. The van der Waals surface area contributed by atoms with E-state index in [1.807, 2.05) is 24.3 Å². The number of benzene rings is 2. The largest absolute Gasteiger partial charge is 0.326 e. The molecule has 5 nitrogen and oxygen atoms in total. The van der Waals surface area contributed by atoms with Crippen LogP contribution in [0.25, 0.3) is 0 Å². The number of carbonyl (C=O) groups excluding carboxylic acids is 1. The average Bonchev–Trinajstić information content (AvgIpc) is 2.50. The van der Waals surface area contributed by atoms with Gasteiger partial charge in [-0.05, 0) is 29.7 Å². The number of anilines is 1. The normalized spacial score (nSPS) is 10.2. The van der Waals surface area contributed by atoms with Crippen LogP contribution in [0.15, 0.2) is 48.5 Å². The molecule has 2 aromatic carbocycles. The van der Waals surface area contributed by atoms with Gasteiger partial charge < -0.3 is 5.32 Å². The highest BCUT2D eigenvalue weighted by Crippen LogP contribution is 2.14. The van der Waals surface area contributed by atoms with Crippen molar-refractivity contribution in [2.75, 3.05) is 5.32 Å². The van der Waals surface area contributed by atoms with E-state index in [0.29, 0.717) is 0 Å². The molecule has 5 heteroatoms. The molecule has 0 saturated heterocycles. The van der Waals surface area contributed by atoms with Gasteiger partial charge in [-0.1, -0.05) is 37.6 Å². The van der Waals surface area contributed by atoms with E-state index in [2.05, 4.69) is 12.2 Å². The fourth-order valence-corrected chi connectivity index (χ4v) is 2.17. The summed E-state index contributed by atoms with van der Waals surface area (Å²) >= 11 is 0. The maximum atomic E-state index is 12.0. The molecule has 0 unspecified atom stereocenters. The summed E-state index contributed by atoms with van der Waals surface area (Å²) in [5.74, 6) is -0.142. The first kappa shape index (κ1) is 15.7. The highest BCUT2D eigenvalue weighted by atomic mass is 16.6. The zero-order valence-electron chi connectivity index (χ0n) is 12.4. The molecule has 0 fully saturated rings. The standard InChI is InChI=1S/C17H18N2O3/c1-2-3-13-4-8-15(9-5-13)18-17(20)12-14-6-10-16(11-7-14)19(21)22/h4-11H,2-3,12H2,1H3,(H,18,20). The monoisotopic (exact) mass is 298 g/mol. The number of amides is 1. The second-order valence-corrected chi connectivity index (χ2v) is 5.10. The molecule has 1 N–H and O–H groups in total. The molecule has 0 radical (unpaired) electrons. The Bertz CT molecular complexity index is 649. The third-order valence-electron chi connectivity index (χ3n) is 3.29. The molecular weight excluding hydrogens is 280 g/mol. The summed E-state index contributed by atoms with van der Waals surface area (Å²) in [5, 5.41) is 13.4. The van der Waals surface area contributed by atoms with Crippen LogP contribution >= 0.6 is 0 Å². The number of nitro benzene ring substituents is 1. The highest BCUT2D eigenvalue weighted by molar-refractivity contribution is 5.92. The fourth-order valence-electron chi connectivity index (χ4n) is 2.17. The quantitative estimate of drug-likeness (QED) is 0.652. The molecule has 0 saturated carbocycles. The molecule has 0 aliphatic carbocycles. The number of carbonyl (C=O) groups is 1. The lowest BCUT2D eigenvalue weighted by Gasteiger charge is -2.06. The minimum atomic E-state index is -0.457. The number of hydrogen-bond acceptors (Lipinski definition) is 3. The van der Waals surface area contributed by atoms with Gasteiger partial charge >= 0.3 is 0 Å². The highest BCUT2D eigenvalue weighted by Gasteiger charge is 2.07. The minimum Gasteiger partial charge on any atom is -0.326 e. The summed E-state index contributed by atoms with van der Waals surface area (Å²) in [5.41, 5.74) is 2.77. The van der Waals surface area contributed by atoms with Crippen LogP contribution in [-0.4, -0.2) is 10.8 Å². The molecule has 1 amide bonds. The van der Waals surface area contributed by atoms with Crippen molar-refractivity contribution in [1.29, 1.82) is 0 Å². The number of nitrogens with one attached hydrogen (secondary N) is 1. The van der Waals surface area contributed by atoms with E-state index in [9.17, 15) is 14.9 Å². The smallest absolute Gasteiger partial charge is 0.269 e. The first-order valence-corrected chi connectivity index (χ1v) is 7.20. The van der Waals surface area contributed by atoms with Gasteiger partial charge in [0.05, 0.1) is 11.3 Å². The number of aryl methyl sites for hydroxylation is 1. The lowest BCUT2D eigenvalue weighted by Crippen LogP contribution is -2.14. The summed E-state index contributed by atoms with van der Waals surface area (Å²) in [4.78, 5) is 22.1. The molecule has 0 heterocycles. The van der Waals surface area contributed by atoms with Crippen molar-refractivity contribution in [2.45, 2.75) is 26.2 Å². The molecule has 0 bridgehead atoms. The van der Waals surface area contributed by atoms with Crippen molar-refractivity contribution in [1.82, 2.24) is 0 Å². The van der Waals surface area contributed by atoms with E-state index in [4.69, 9.17) is 0 Å². The van der Waals surface area contributed by atoms with Crippen molar-refractivity contribution < 1.29 is 9.72 Å². The van der Waals surface area contributed by atoms with Crippen LogP contribution in [0.3, 0.4) is 0 Å². The van der Waals surface area contributed by atoms with E-state index < -0.39 is 4.92 Å². The van der Waals surface area contributed by atoms with Crippen LogP contribution in [0, 0.1) is 10.1 Å². The summed E-state index contributed by atoms with van der Waals surface area (Å²) in [6.45, 7) is 2.12. The predicted octanol–water partition coefficient (Wildman–Crippen LogP) is 3.73. The Labute approximate surface area is 129 Å². The first-order chi connectivity index (χ1) is 10.6. The second-order valence-electron chi connectivity index (χ2n) is 5.10. The van der Waals surface area contributed by atoms with Gasteiger partial charge in [-0.3, -0.25) is 14.9 Å². The lowest BCUT2D eigenvalue weighted by atomic mass is 10.1. The molecule has 114 valence electrons. The molecule has 0 spiro atoms. The van der Waals surface area contributed by atoms with Crippen LogP contribution in [0.5, 0.6) is 0 Å². The van der Waals surface area contributed by atoms with E-state index in [0.717, 1.165) is 24.1 Å². The molecule has 0 aliphatic rings. The summed E-state index contributed by atoms with van der Waals surface area (Å²) in [6, 6.07) is 13.8. The van der Waals surface area contributed by atoms with Crippen LogP contribution in [0.4, 0.5) is 11.4 Å². The van der Waals surface area contributed by atoms with E-state index >= 15 is 0 Å². The molecule has 22 heavy (non-hydrogen) atoms. The van der Waals surface area contributed by atoms with Crippen molar-refractivity contribution in [3.05, 3.63) is 69.8 Å². The third kappa shape index (κ3) is 4.41. The van der Waals surface area contributed by atoms with Gasteiger partial charge in [-0.15, -0.1) is 0 Å². The Morgan fingerprint density at radius 1 is 1.05 bits per heavy atom. The number of non-ortho nitro benzene ring substituents is 1. The molecule has 0 aromatic heterocycles. The molecule has 2 rings (SSSR count). The Balaban J connectivity index is 1.93. The molecule has 0 atom stereocenters. The van der Waals surface area contributed by atoms with Gasteiger partial charge in [0.25, 0.3) is 5.69 Å². The van der Waals surface area contributed by atoms with Crippen LogP contribution < -0.4 is 5.32 Å². The summed E-state index contributed by atoms with van der Waals surface area (Å²) < 4.78 is 0. The van der Waals surface area contributed by atoms with E-state index in [-0.39, 0.29) is 18.0 Å². The summed E-state index contributed by atoms with van der Waals surface area (Å²) in [7, 11) is 0. The number of hydrogen-bond donors (Lipinski definition) is 1. The molecular formula is C17H18N2O3. The van der Waals surface area contributed by atoms with E-state index in [1.54, 1.807) is 12.1 Å². The Morgan fingerprint density at radius 3 is 2.18 bits per heavy atom. The first-order valence-electron chi connectivity index (χ1n) is 7.20. The number of rotatable bonds is 6. The van der Waals surface area contributed by atoms with Crippen molar-refractivity contribution in [3.8, 4) is 0 Å². The van der Waals surface area contributed by atoms with Crippen LogP contribution in [-0.2, 0) is 17.6 Å². The number of nitrogens with zero attached hydrogens (tertiary/aromatic N) is 1. The van der Waals surface area contributed by atoms with Crippen LogP contribution in [0.1, 0.15) is 24.5 Å². The van der Waals surface area contributed by atoms with Gasteiger partial charge in [-0.25, -0.2) is 0 Å². The molecule has 2 aromatic rings. The van der Waals surface area contributed by atoms with Crippen molar-refractivity contribution >= 4 is 17.3 Å². The van der Waals surface area contributed by atoms with Crippen molar-refractivity contribution in [2.24, 2.45) is 0 Å². The maximum Gasteiger partial charge on any atom is 0.269 e. The Morgan fingerprint density at radius 2 is 1.64 bits per heavy atom. The SMILES string of the molecule is CCCc1ccc(NC(=O)Cc2ccc([N+](=O)[O-])cc2)cc1. The Kier molecular flexibility index (Phi) is 5.25. The number of nitro groups is 1. The average molecular weight is 298 g/mol.